The number of ether oxygens (including phenoxy) is 3. The number of benzene rings is 2. The molecular weight excluding hydrogens is 395 g/mol. The van der Waals surface area contributed by atoms with Crippen LogP contribution in [0.15, 0.2) is 46.9 Å². The lowest BCUT2D eigenvalue weighted by atomic mass is 10.2. The molecule has 130 valence electrons. The van der Waals surface area contributed by atoms with Gasteiger partial charge in [0.1, 0.15) is 5.82 Å². The number of methoxy groups -OCH3 is 2. The Balaban J connectivity index is 2.24. The van der Waals surface area contributed by atoms with Gasteiger partial charge in [0.25, 0.3) is 0 Å². The van der Waals surface area contributed by atoms with E-state index in [1.807, 2.05) is 0 Å². The molecule has 2 aromatic carbocycles. The van der Waals surface area contributed by atoms with Crippen LogP contribution >= 0.6 is 15.9 Å². The molecule has 0 heterocycles. The molecule has 0 bridgehead atoms. The van der Waals surface area contributed by atoms with Crippen molar-refractivity contribution in [2.45, 2.75) is 0 Å². The molecule has 0 aliphatic heterocycles. The van der Waals surface area contributed by atoms with Gasteiger partial charge < -0.3 is 14.2 Å². The summed E-state index contributed by atoms with van der Waals surface area (Å²) in [6.45, 7) is 0. The average molecular weight is 409 g/mol. The summed E-state index contributed by atoms with van der Waals surface area (Å²) >= 11 is 3.18. The minimum absolute atomic E-state index is 0.0525. The molecule has 0 unspecified atom stereocenters. The highest BCUT2D eigenvalue weighted by atomic mass is 79.9. The molecule has 0 spiro atoms. The number of rotatable bonds is 5. The van der Waals surface area contributed by atoms with Gasteiger partial charge >= 0.3 is 11.9 Å². The first-order valence-corrected chi connectivity index (χ1v) is 7.85. The Labute approximate surface area is 152 Å². The van der Waals surface area contributed by atoms with Crippen LogP contribution in [-0.4, -0.2) is 26.2 Å². The number of esters is 2. The summed E-state index contributed by atoms with van der Waals surface area (Å²) in [4.78, 5) is 23.4. The van der Waals surface area contributed by atoms with Crippen LogP contribution in [0.5, 0.6) is 11.5 Å². The third kappa shape index (κ3) is 4.90. The molecule has 0 aliphatic carbocycles. The van der Waals surface area contributed by atoms with Crippen molar-refractivity contribution in [3.63, 3.8) is 0 Å². The Morgan fingerprint density at radius 2 is 1.84 bits per heavy atom. The largest absolute Gasteiger partial charge is 0.493 e. The molecule has 2 rings (SSSR count). The summed E-state index contributed by atoms with van der Waals surface area (Å²) in [5.74, 6) is -1.33. The first kappa shape index (κ1) is 18.7. The highest BCUT2D eigenvalue weighted by Gasteiger charge is 2.16. The first-order chi connectivity index (χ1) is 11.9. The van der Waals surface area contributed by atoms with Gasteiger partial charge in [0, 0.05) is 10.5 Å². The van der Waals surface area contributed by atoms with E-state index in [9.17, 15) is 14.0 Å². The molecule has 5 nitrogen and oxygen atoms in total. The Morgan fingerprint density at radius 3 is 2.52 bits per heavy atom. The summed E-state index contributed by atoms with van der Waals surface area (Å²) in [5, 5.41) is 0. The van der Waals surface area contributed by atoms with Gasteiger partial charge in [-0.15, -0.1) is 0 Å². The highest BCUT2D eigenvalue weighted by molar-refractivity contribution is 9.10. The third-order valence-corrected chi connectivity index (χ3v) is 3.84. The van der Waals surface area contributed by atoms with E-state index in [1.165, 1.54) is 44.6 Å². The highest BCUT2D eigenvalue weighted by Crippen LogP contribution is 2.30. The van der Waals surface area contributed by atoms with Gasteiger partial charge in [0.2, 0.25) is 0 Å². The second kappa shape index (κ2) is 8.43. The van der Waals surface area contributed by atoms with E-state index in [0.29, 0.717) is 10.0 Å². The predicted molar refractivity (Wildman–Crippen MR) is 93.1 cm³/mol. The zero-order chi connectivity index (χ0) is 18.4. The van der Waals surface area contributed by atoms with E-state index in [-0.39, 0.29) is 17.1 Å². The van der Waals surface area contributed by atoms with Crippen molar-refractivity contribution in [2.75, 3.05) is 14.2 Å². The van der Waals surface area contributed by atoms with Gasteiger partial charge in [-0.1, -0.05) is 6.07 Å². The summed E-state index contributed by atoms with van der Waals surface area (Å²) in [5.41, 5.74) is 0.700. The lowest BCUT2D eigenvalue weighted by Gasteiger charge is -2.11. The topological polar surface area (TPSA) is 61.8 Å². The molecule has 0 atom stereocenters. The van der Waals surface area contributed by atoms with Crippen LogP contribution in [0, 0.1) is 5.82 Å². The Bertz CT molecular complexity index is 832. The maximum absolute atomic E-state index is 13.3. The number of hydrogen-bond acceptors (Lipinski definition) is 5. The summed E-state index contributed by atoms with van der Waals surface area (Å²) in [7, 11) is 2.69. The van der Waals surface area contributed by atoms with E-state index < -0.39 is 17.8 Å². The zero-order valence-corrected chi connectivity index (χ0v) is 15.0. The van der Waals surface area contributed by atoms with Gasteiger partial charge in [-0.05, 0) is 57.9 Å². The lowest BCUT2D eigenvalue weighted by Crippen LogP contribution is -2.10. The van der Waals surface area contributed by atoms with E-state index in [1.54, 1.807) is 12.1 Å². The molecule has 25 heavy (non-hydrogen) atoms. The van der Waals surface area contributed by atoms with E-state index >= 15 is 0 Å². The Morgan fingerprint density at radius 1 is 1.08 bits per heavy atom. The van der Waals surface area contributed by atoms with Gasteiger partial charge in [-0.25, -0.2) is 14.0 Å². The zero-order valence-electron chi connectivity index (χ0n) is 13.4. The first-order valence-electron chi connectivity index (χ1n) is 7.06. The van der Waals surface area contributed by atoms with Crippen LogP contribution in [0.1, 0.15) is 15.9 Å². The molecule has 0 saturated carbocycles. The van der Waals surface area contributed by atoms with Crippen molar-refractivity contribution in [3.05, 3.63) is 63.9 Å². The smallest absolute Gasteiger partial charge is 0.344 e. The predicted octanol–water partition coefficient (Wildman–Crippen LogP) is 4.00. The standard InChI is InChI=1S/C18H14BrFO5/c1-23-16-9-11(4-8-17(21)24-2)3-7-15(16)25-18(22)13-10-12(20)5-6-14(13)19/h3-10H,1-2H3/b8-4+. The Hall–Kier alpha value is -2.67. The molecule has 0 fully saturated rings. The van der Waals surface area contributed by atoms with Crippen LogP contribution in [0.2, 0.25) is 0 Å². The van der Waals surface area contributed by atoms with Gasteiger partial charge in [0.15, 0.2) is 11.5 Å². The number of carbonyl (C=O) groups is 2. The fourth-order valence-corrected chi connectivity index (χ4v) is 2.32. The van der Waals surface area contributed by atoms with E-state index in [4.69, 9.17) is 9.47 Å². The summed E-state index contributed by atoms with van der Waals surface area (Å²) < 4.78 is 28.7. The molecule has 0 aliphatic rings. The second-order valence-electron chi connectivity index (χ2n) is 4.78. The molecule has 7 heteroatoms. The molecule has 2 aromatic rings. The Kier molecular flexibility index (Phi) is 6.30. The van der Waals surface area contributed by atoms with Crippen LogP contribution in [0.25, 0.3) is 6.08 Å². The molecule has 0 saturated heterocycles. The fraction of sp³-hybridized carbons (Fsp3) is 0.111. The number of hydrogen-bond donors (Lipinski definition) is 0. The quantitative estimate of drug-likeness (QED) is 0.425. The van der Waals surface area contributed by atoms with Crippen molar-refractivity contribution >= 4 is 33.9 Å². The maximum Gasteiger partial charge on any atom is 0.344 e. The normalized spacial score (nSPS) is 10.6. The number of halogens is 2. The van der Waals surface area contributed by atoms with Crippen molar-refractivity contribution in [1.29, 1.82) is 0 Å². The molecular formula is C18H14BrFO5. The molecule has 0 N–H and O–H groups in total. The van der Waals surface area contributed by atoms with Gasteiger partial charge in [0.05, 0.1) is 19.8 Å². The van der Waals surface area contributed by atoms with Crippen molar-refractivity contribution < 1.29 is 28.2 Å². The van der Waals surface area contributed by atoms with Crippen molar-refractivity contribution in [1.82, 2.24) is 0 Å². The second-order valence-corrected chi connectivity index (χ2v) is 5.63. The maximum atomic E-state index is 13.3. The van der Waals surface area contributed by atoms with Crippen LogP contribution in [0.4, 0.5) is 4.39 Å². The van der Waals surface area contributed by atoms with Gasteiger partial charge in [-0.2, -0.15) is 0 Å². The van der Waals surface area contributed by atoms with Crippen molar-refractivity contribution in [2.24, 2.45) is 0 Å². The fourth-order valence-electron chi connectivity index (χ4n) is 1.91. The van der Waals surface area contributed by atoms with Crippen LogP contribution < -0.4 is 9.47 Å². The monoisotopic (exact) mass is 408 g/mol. The third-order valence-electron chi connectivity index (χ3n) is 3.15. The van der Waals surface area contributed by atoms with Crippen LogP contribution in [0.3, 0.4) is 0 Å². The van der Waals surface area contributed by atoms with E-state index in [2.05, 4.69) is 20.7 Å². The minimum Gasteiger partial charge on any atom is -0.493 e. The SMILES string of the molecule is COC(=O)/C=C/c1ccc(OC(=O)c2cc(F)ccc2Br)c(OC)c1. The molecule has 0 radical (unpaired) electrons. The average Bonchev–Trinajstić information content (AvgIpc) is 2.62. The van der Waals surface area contributed by atoms with E-state index in [0.717, 1.165) is 6.07 Å². The van der Waals surface area contributed by atoms with Crippen molar-refractivity contribution in [3.8, 4) is 11.5 Å². The lowest BCUT2D eigenvalue weighted by molar-refractivity contribution is -0.134. The van der Waals surface area contributed by atoms with Crippen LogP contribution in [-0.2, 0) is 9.53 Å². The number of carbonyl (C=O) groups excluding carboxylic acids is 2. The molecule has 0 aromatic heterocycles. The van der Waals surface area contributed by atoms with Gasteiger partial charge in [-0.3, -0.25) is 0 Å². The summed E-state index contributed by atoms with van der Waals surface area (Å²) in [6.07, 6.45) is 2.79. The summed E-state index contributed by atoms with van der Waals surface area (Å²) in [6, 6.07) is 8.45. The molecule has 0 amide bonds. The minimum atomic E-state index is -0.734.